The molecule has 3 rings (SSSR count). The number of nitrogen functional groups attached to an aromatic ring is 1. The molecule has 0 aliphatic carbocycles. The fourth-order valence-corrected chi connectivity index (χ4v) is 2.85. The summed E-state index contributed by atoms with van der Waals surface area (Å²) in [5.41, 5.74) is 8.17. The lowest BCUT2D eigenvalue weighted by Crippen LogP contribution is -2.48. The third-order valence-electron chi connectivity index (χ3n) is 4.29. The van der Waals surface area contributed by atoms with Crippen LogP contribution in [0.25, 0.3) is 0 Å². The zero-order chi connectivity index (χ0) is 16.8. The number of piperazine rings is 1. The Morgan fingerprint density at radius 2 is 1.71 bits per heavy atom. The van der Waals surface area contributed by atoms with E-state index in [1.807, 2.05) is 24.5 Å². The Morgan fingerprint density at radius 1 is 1.04 bits per heavy atom. The Bertz CT molecular complexity index is 651. The number of rotatable bonds is 5. The Hall–Kier alpha value is -2.60. The summed E-state index contributed by atoms with van der Waals surface area (Å²) in [6, 6.07) is 11.1. The molecule has 1 amide bonds. The first kappa shape index (κ1) is 16.3. The molecule has 0 unspecified atom stereocenters. The summed E-state index contributed by atoms with van der Waals surface area (Å²) in [6.07, 6.45) is 3.66. The SMILES string of the molecule is Nc1ccc(C(=O)NCCN2CCN(c3ccncc3)CC2)cc1. The van der Waals surface area contributed by atoms with Crippen LogP contribution in [-0.2, 0) is 0 Å². The van der Waals surface area contributed by atoms with Gasteiger partial charge in [0.25, 0.3) is 5.91 Å². The van der Waals surface area contributed by atoms with Crippen molar-refractivity contribution in [3.05, 3.63) is 54.4 Å². The molecule has 2 heterocycles. The van der Waals surface area contributed by atoms with Crippen LogP contribution in [0.3, 0.4) is 0 Å². The van der Waals surface area contributed by atoms with Gasteiger partial charge >= 0.3 is 0 Å². The second kappa shape index (κ2) is 7.79. The van der Waals surface area contributed by atoms with Gasteiger partial charge in [-0.05, 0) is 36.4 Å². The molecular weight excluding hydrogens is 302 g/mol. The maximum atomic E-state index is 12.1. The number of nitrogens with two attached hydrogens (primary N) is 1. The van der Waals surface area contributed by atoms with Gasteiger partial charge in [0, 0.05) is 68.6 Å². The highest BCUT2D eigenvalue weighted by Gasteiger charge is 2.17. The molecule has 1 aliphatic rings. The number of aromatic nitrogens is 1. The van der Waals surface area contributed by atoms with E-state index in [2.05, 4.69) is 20.1 Å². The van der Waals surface area contributed by atoms with Gasteiger partial charge in [-0.25, -0.2) is 0 Å². The molecule has 1 aromatic carbocycles. The highest BCUT2D eigenvalue weighted by molar-refractivity contribution is 5.94. The number of hydrogen-bond acceptors (Lipinski definition) is 5. The van der Waals surface area contributed by atoms with Crippen molar-refractivity contribution in [3.63, 3.8) is 0 Å². The second-order valence-electron chi connectivity index (χ2n) is 5.91. The molecule has 1 fully saturated rings. The van der Waals surface area contributed by atoms with Gasteiger partial charge in [-0.2, -0.15) is 0 Å². The van der Waals surface area contributed by atoms with Crippen molar-refractivity contribution < 1.29 is 4.79 Å². The summed E-state index contributed by atoms with van der Waals surface area (Å²) in [5, 5.41) is 2.97. The molecule has 1 aromatic heterocycles. The van der Waals surface area contributed by atoms with Crippen LogP contribution in [0, 0.1) is 0 Å². The van der Waals surface area contributed by atoms with Crippen molar-refractivity contribution in [2.45, 2.75) is 0 Å². The molecule has 1 aliphatic heterocycles. The number of benzene rings is 1. The number of amides is 1. The van der Waals surface area contributed by atoms with Crippen molar-refractivity contribution in [1.82, 2.24) is 15.2 Å². The summed E-state index contributed by atoms with van der Waals surface area (Å²) in [5.74, 6) is -0.0505. The maximum Gasteiger partial charge on any atom is 0.251 e. The lowest BCUT2D eigenvalue weighted by Gasteiger charge is -2.36. The molecule has 6 heteroatoms. The van der Waals surface area contributed by atoms with E-state index >= 15 is 0 Å². The van der Waals surface area contributed by atoms with Crippen LogP contribution in [0.15, 0.2) is 48.8 Å². The lowest BCUT2D eigenvalue weighted by atomic mass is 10.2. The van der Waals surface area contributed by atoms with Crippen molar-refractivity contribution in [2.75, 3.05) is 49.9 Å². The van der Waals surface area contributed by atoms with E-state index in [1.54, 1.807) is 24.3 Å². The Labute approximate surface area is 142 Å². The van der Waals surface area contributed by atoms with E-state index in [0.29, 0.717) is 17.8 Å². The van der Waals surface area contributed by atoms with Crippen LogP contribution >= 0.6 is 0 Å². The van der Waals surface area contributed by atoms with E-state index in [-0.39, 0.29) is 5.91 Å². The summed E-state index contributed by atoms with van der Waals surface area (Å²) in [4.78, 5) is 20.8. The standard InChI is InChI=1S/C18H23N5O/c19-16-3-1-15(2-4-16)18(24)21-9-10-22-11-13-23(14-12-22)17-5-7-20-8-6-17/h1-8H,9-14,19H2,(H,21,24). The average Bonchev–Trinajstić information content (AvgIpc) is 2.63. The predicted molar refractivity (Wildman–Crippen MR) is 96.1 cm³/mol. The first-order valence-electron chi connectivity index (χ1n) is 8.23. The third-order valence-corrected chi connectivity index (χ3v) is 4.29. The molecule has 126 valence electrons. The summed E-state index contributed by atoms with van der Waals surface area (Å²) >= 11 is 0. The van der Waals surface area contributed by atoms with Gasteiger partial charge in [-0.3, -0.25) is 14.7 Å². The minimum atomic E-state index is -0.0505. The fourth-order valence-electron chi connectivity index (χ4n) is 2.85. The van der Waals surface area contributed by atoms with Gasteiger partial charge in [0.2, 0.25) is 0 Å². The topological polar surface area (TPSA) is 74.5 Å². The molecule has 6 nitrogen and oxygen atoms in total. The number of pyridine rings is 1. The van der Waals surface area contributed by atoms with Gasteiger partial charge in [-0.15, -0.1) is 0 Å². The van der Waals surface area contributed by atoms with Gasteiger partial charge in [-0.1, -0.05) is 0 Å². The minimum absolute atomic E-state index is 0.0505. The third kappa shape index (κ3) is 4.23. The molecule has 0 spiro atoms. The average molecular weight is 325 g/mol. The van der Waals surface area contributed by atoms with Crippen LogP contribution in [-0.4, -0.2) is 55.1 Å². The molecule has 0 saturated carbocycles. The number of carbonyl (C=O) groups excluding carboxylic acids is 1. The molecule has 24 heavy (non-hydrogen) atoms. The van der Waals surface area contributed by atoms with Gasteiger partial charge in [0.05, 0.1) is 0 Å². The monoisotopic (exact) mass is 325 g/mol. The largest absolute Gasteiger partial charge is 0.399 e. The number of carbonyl (C=O) groups is 1. The smallest absolute Gasteiger partial charge is 0.251 e. The number of hydrogen-bond donors (Lipinski definition) is 2. The van der Waals surface area contributed by atoms with Crippen LogP contribution in [0.5, 0.6) is 0 Å². The first-order valence-corrected chi connectivity index (χ1v) is 8.23. The van der Waals surface area contributed by atoms with E-state index in [9.17, 15) is 4.79 Å². The molecule has 1 saturated heterocycles. The summed E-state index contributed by atoms with van der Waals surface area (Å²) < 4.78 is 0. The lowest BCUT2D eigenvalue weighted by molar-refractivity contribution is 0.0948. The van der Waals surface area contributed by atoms with Crippen molar-refractivity contribution in [2.24, 2.45) is 0 Å². The molecule has 3 N–H and O–H groups in total. The maximum absolute atomic E-state index is 12.1. The molecular formula is C18H23N5O. The Morgan fingerprint density at radius 3 is 2.38 bits per heavy atom. The minimum Gasteiger partial charge on any atom is -0.399 e. The van der Waals surface area contributed by atoms with E-state index in [4.69, 9.17) is 5.73 Å². The van der Waals surface area contributed by atoms with E-state index in [1.165, 1.54) is 5.69 Å². The van der Waals surface area contributed by atoms with Crippen molar-refractivity contribution in [3.8, 4) is 0 Å². The van der Waals surface area contributed by atoms with Crippen LogP contribution in [0.1, 0.15) is 10.4 Å². The molecule has 0 atom stereocenters. The number of nitrogens with one attached hydrogen (secondary N) is 1. The van der Waals surface area contributed by atoms with Gasteiger partial charge < -0.3 is 16.0 Å². The summed E-state index contributed by atoms with van der Waals surface area (Å²) in [7, 11) is 0. The first-order chi connectivity index (χ1) is 11.7. The predicted octanol–water partition coefficient (Wildman–Crippen LogP) is 1.22. The zero-order valence-corrected chi connectivity index (χ0v) is 13.7. The fraction of sp³-hybridized carbons (Fsp3) is 0.333. The quantitative estimate of drug-likeness (QED) is 0.809. The van der Waals surface area contributed by atoms with Crippen LogP contribution < -0.4 is 16.0 Å². The van der Waals surface area contributed by atoms with Gasteiger partial charge in [0.15, 0.2) is 0 Å². The highest BCUT2D eigenvalue weighted by atomic mass is 16.1. The number of anilines is 2. The normalized spacial score (nSPS) is 15.2. The zero-order valence-electron chi connectivity index (χ0n) is 13.7. The summed E-state index contributed by atoms with van der Waals surface area (Å²) in [6.45, 7) is 5.51. The molecule has 2 aromatic rings. The number of nitrogens with zero attached hydrogens (tertiary/aromatic N) is 3. The van der Waals surface area contributed by atoms with Crippen LogP contribution in [0.2, 0.25) is 0 Å². The Balaban J connectivity index is 1.39. The Kier molecular flexibility index (Phi) is 5.28. The van der Waals surface area contributed by atoms with Crippen molar-refractivity contribution >= 4 is 17.3 Å². The molecule has 0 bridgehead atoms. The van der Waals surface area contributed by atoms with Crippen LogP contribution in [0.4, 0.5) is 11.4 Å². The molecule has 0 radical (unpaired) electrons. The van der Waals surface area contributed by atoms with Gasteiger partial charge in [0.1, 0.15) is 0 Å². The highest BCUT2D eigenvalue weighted by Crippen LogP contribution is 2.14. The van der Waals surface area contributed by atoms with E-state index < -0.39 is 0 Å². The van der Waals surface area contributed by atoms with Crippen molar-refractivity contribution in [1.29, 1.82) is 0 Å². The van der Waals surface area contributed by atoms with E-state index in [0.717, 1.165) is 32.7 Å². The second-order valence-corrected chi connectivity index (χ2v) is 5.91.